The van der Waals surface area contributed by atoms with Crippen LogP contribution in [0, 0.1) is 5.41 Å². The van der Waals surface area contributed by atoms with Crippen LogP contribution in [0.15, 0.2) is 64.3 Å². The predicted octanol–water partition coefficient (Wildman–Crippen LogP) is 2.27. The highest BCUT2D eigenvalue weighted by Gasteiger charge is 2.01. The standard InChI is InChI=1S/C15H17N5O/c1-17-14(16)20-15(19-13-8-5-11-21-13)18-10-9-12-6-3-2-4-7-12/h2-11H,1H3,(H4,16,17,18,19,20). The molecule has 0 fully saturated rings. The molecule has 0 atom stereocenters. The molecule has 0 radical (unpaired) electrons. The van der Waals surface area contributed by atoms with E-state index in [1.807, 2.05) is 36.4 Å². The molecule has 0 bridgehead atoms. The fraction of sp³-hybridized carbons (Fsp3) is 0.0667. The molecule has 0 saturated carbocycles. The van der Waals surface area contributed by atoms with Crippen LogP contribution in [-0.4, -0.2) is 19.0 Å². The van der Waals surface area contributed by atoms with Crippen LogP contribution in [0.4, 0.5) is 5.88 Å². The van der Waals surface area contributed by atoms with Crippen LogP contribution in [-0.2, 0) is 0 Å². The average Bonchev–Trinajstić information content (AvgIpc) is 3.01. The number of guanidine groups is 2. The van der Waals surface area contributed by atoms with Gasteiger partial charge in [0.05, 0.1) is 6.26 Å². The monoisotopic (exact) mass is 283 g/mol. The molecule has 6 heteroatoms. The van der Waals surface area contributed by atoms with Gasteiger partial charge < -0.3 is 15.1 Å². The highest BCUT2D eigenvalue weighted by atomic mass is 16.3. The molecule has 0 saturated heterocycles. The van der Waals surface area contributed by atoms with Crippen molar-refractivity contribution in [3.63, 3.8) is 0 Å². The number of rotatable bonds is 3. The lowest BCUT2D eigenvalue weighted by atomic mass is 10.2. The van der Waals surface area contributed by atoms with Crippen LogP contribution in [0.2, 0.25) is 0 Å². The second-order valence-electron chi connectivity index (χ2n) is 4.05. The van der Waals surface area contributed by atoms with E-state index in [4.69, 9.17) is 9.83 Å². The van der Waals surface area contributed by atoms with Gasteiger partial charge in [0.2, 0.25) is 11.8 Å². The lowest BCUT2D eigenvalue weighted by molar-refractivity contribution is 0.577. The second-order valence-corrected chi connectivity index (χ2v) is 4.05. The maximum Gasteiger partial charge on any atom is 0.221 e. The van der Waals surface area contributed by atoms with Crippen molar-refractivity contribution in [1.82, 2.24) is 16.0 Å². The minimum absolute atomic E-state index is 0.126. The molecule has 1 heterocycles. The van der Waals surface area contributed by atoms with Gasteiger partial charge in [-0.3, -0.25) is 10.7 Å². The lowest BCUT2D eigenvalue weighted by Crippen LogP contribution is -2.43. The Bertz CT molecular complexity index is 617. The first-order valence-corrected chi connectivity index (χ1v) is 6.41. The van der Waals surface area contributed by atoms with Gasteiger partial charge in [0, 0.05) is 19.3 Å². The quantitative estimate of drug-likeness (QED) is 0.514. The van der Waals surface area contributed by atoms with Crippen molar-refractivity contribution in [3.8, 4) is 0 Å². The Labute approximate surface area is 123 Å². The number of aliphatic imine (C=N–C) groups is 1. The van der Waals surface area contributed by atoms with E-state index in [1.165, 1.54) is 0 Å². The smallest absolute Gasteiger partial charge is 0.221 e. The van der Waals surface area contributed by atoms with E-state index in [9.17, 15) is 0 Å². The number of hydrogen-bond donors (Lipinski definition) is 4. The van der Waals surface area contributed by atoms with Crippen LogP contribution in [0.25, 0.3) is 6.08 Å². The van der Waals surface area contributed by atoms with Gasteiger partial charge >= 0.3 is 0 Å². The van der Waals surface area contributed by atoms with Gasteiger partial charge in [0.15, 0.2) is 5.96 Å². The number of nitrogens with one attached hydrogen (secondary N) is 4. The van der Waals surface area contributed by atoms with E-state index in [1.54, 1.807) is 31.6 Å². The molecular weight excluding hydrogens is 266 g/mol. The molecule has 2 rings (SSSR count). The van der Waals surface area contributed by atoms with Gasteiger partial charge in [-0.05, 0) is 17.7 Å². The van der Waals surface area contributed by atoms with Crippen molar-refractivity contribution in [1.29, 1.82) is 5.41 Å². The van der Waals surface area contributed by atoms with Crippen LogP contribution < -0.4 is 16.0 Å². The highest BCUT2D eigenvalue weighted by Crippen LogP contribution is 2.10. The topological polar surface area (TPSA) is 85.4 Å². The molecule has 21 heavy (non-hydrogen) atoms. The summed E-state index contributed by atoms with van der Waals surface area (Å²) in [6.45, 7) is 0. The zero-order chi connectivity index (χ0) is 14.9. The molecule has 108 valence electrons. The molecule has 0 aliphatic heterocycles. The molecule has 0 aliphatic carbocycles. The normalized spacial score (nSPS) is 11.4. The molecule has 1 aromatic carbocycles. The molecule has 0 unspecified atom stereocenters. The van der Waals surface area contributed by atoms with E-state index in [-0.39, 0.29) is 5.96 Å². The van der Waals surface area contributed by atoms with Crippen LogP contribution in [0.1, 0.15) is 5.56 Å². The Kier molecular flexibility index (Phi) is 5.17. The number of benzene rings is 1. The summed E-state index contributed by atoms with van der Waals surface area (Å²) in [5, 5.41) is 16.1. The van der Waals surface area contributed by atoms with Crippen LogP contribution in [0.3, 0.4) is 0 Å². The first kappa shape index (κ1) is 14.4. The predicted molar refractivity (Wildman–Crippen MR) is 84.3 cm³/mol. The van der Waals surface area contributed by atoms with E-state index < -0.39 is 0 Å². The summed E-state index contributed by atoms with van der Waals surface area (Å²) in [5.74, 6) is 0.958. The van der Waals surface area contributed by atoms with Crippen molar-refractivity contribution in [2.45, 2.75) is 0 Å². The van der Waals surface area contributed by atoms with Crippen LogP contribution in [0.5, 0.6) is 0 Å². The van der Waals surface area contributed by atoms with Gasteiger partial charge in [-0.25, -0.2) is 0 Å². The van der Waals surface area contributed by atoms with Crippen molar-refractivity contribution in [2.75, 3.05) is 7.05 Å². The summed E-state index contributed by atoms with van der Waals surface area (Å²) in [6.07, 6.45) is 5.19. The molecule has 0 spiro atoms. The van der Waals surface area contributed by atoms with Gasteiger partial charge in [0.1, 0.15) is 0 Å². The summed E-state index contributed by atoms with van der Waals surface area (Å²) >= 11 is 0. The highest BCUT2D eigenvalue weighted by molar-refractivity contribution is 5.98. The van der Waals surface area contributed by atoms with Gasteiger partial charge in [-0.2, -0.15) is 4.99 Å². The number of nitrogens with zero attached hydrogens (tertiary/aromatic N) is 1. The molecular formula is C15H17N5O. The fourth-order valence-corrected chi connectivity index (χ4v) is 1.50. The Balaban J connectivity index is 2.05. The van der Waals surface area contributed by atoms with E-state index in [0.29, 0.717) is 11.8 Å². The third-order valence-corrected chi connectivity index (χ3v) is 2.52. The van der Waals surface area contributed by atoms with E-state index >= 15 is 0 Å². The van der Waals surface area contributed by atoms with E-state index in [0.717, 1.165) is 5.56 Å². The zero-order valence-electron chi connectivity index (χ0n) is 11.6. The minimum atomic E-state index is 0.126. The van der Waals surface area contributed by atoms with Gasteiger partial charge in [-0.1, -0.05) is 30.3 Å². The minimum Gasteiger partial charge on any atom is -0.447 e. The molecule has 6 nitrogen and oxygen atoms in total. The summed E-state index contributed by atoms with van der Waals surface area (Å²) in [6, 6.07) is 13.4. The first-order chi connectivity index (χ1) is 10.3. The Morgan fingerprint density at radius 2 is 2.00 bits per heavy atom. The Morgan fingerprint density at radius 1 is 1.19 bits per heavy atom. The molecule has 0 aliphatic rings. The van der Waals surface area contributed by atoms with Crippen LogP contribution >= 0.6 is 0 Å². The zero-order valence-corrected chi connectivity index (χ0v) is 11.6. The third-order valence-electron chi connectivity index (χ3n) is 2.52. The van der Waals surface area contributed by atoms with Crippen molar-refractivity contribution in [3.05, 3.63) is 60.5 Å². The average molecular weight is 283 g/mol. The largest absolute Gasteiger partial charge is 0.447 e. The lowest BCUT2D eigenvalue weighted by Gasteiger charge is -2.09. The summed E-state index contributed by atoms with van der Waals surface area (Å²) in [7, 11) is 1.65. The number of hydrogen-bond acceptors (Lipinski definition) is 3. The Morgan fingerprint density at radius 3 is 2.67 bits per heavy atom. The summed E-state index contributed by atoms with van der Waals surface area (Å²) in [4.78, 5) is 4.23. The number of furan rings is 1. The molecule has 1 aromatic heterocycles. The molecule has 2 aromatic rings. The SMILES string of the molecule is CNC(=N)NC(=Nc1ccco1)NC=Cc1ccccc1. The van der Waals surface area contributed by atoms with Gasteiger partial charge in [-0.15, -0.1) is 0 Å². The van der Waals surface area contributed by atoms with Crippen molar-refractivity contribution >= 4 is 23.9 Å². The van der Waals surface area contributed by atoms with Gasteiger partial charge in [0.25, 0.3) is 0 Å². The molecule has 4 N–H and O–H groups in total. The summed E-state index contributed by atoms with van der Waals surface area (Å²) < 4.78 is 5.16. The summed E-state index contributed by atoms with van der Waals surface area (Å²) in [5.41, 5.74) is 1.06. The van der Waals surface area contributed by atoms with Crippen molar-refractivity contribution in [2.24, 2.45) is 4.99 Å². The fourth-order valence-electron chi connectivity index (χ4n) is 1.50. The second kappa shape index (κ2) is 7.54. The van der Waals surface area contributed by atoms with Crippen molar-refractivity contribution < 1.29 is 4.42 Å². The third kappa shape index (κ3) is 4.87. The first-order valence-electron chi connectivity index (χ1n) is 6.41. The Hall–Kier alpha value is -3.02. The molecule has 0 amide bonds. The van der Waals surface area contributed by atoms with E-state index in [2.05, 4.69) is 20.9 Å². The maximum atomic E-state index is 7.60. The maximum absolute atomic E-state index is 7.60.